The molecule has 1 rings (SSSR count). The van der Waals surface area contributed by atoms with Crippen molar-refractivity contribution in [3.63, 3.8) is 0 Å². The van der Waals surface area contributed by atoms with E-state index >= 15 is 0 Å². The predicted octanol–water partition coefficient (Wildman–Crippen LogP) is -0.0558. The second-order valence-electron chi connectivity index (χ2n) is 2.54. The summed E-state index contributed by atoms with van der Waals surface area (Å²) in [5.41, 5.74) is 5.78. The van der Waals surface area contributed by atoms with Gasteiger partial charge in [0.15, 0.2) is 5.82 Å². The minimum absolute atomic E-state index is 0.183. The molecule has 0 amide bonds. The lowest BCUT2D eigenvalue weighted by Crippen LogP contribution is -2.20. The van der Waals surface area contributed by atoms with Crippen LogP contribution in [0, 0.1) is 0 Å². The Labute approximate surface area is 71.5 Å². The molecule has 12 heavy (non-hydrogen) atoms. The minimum atomic E-state index is -0.183. The Kier molecular flexibility index (Phi) is 3.19. The molecule has 0 aromatic carbocycles. The highest BCUT2D eigenvalue weighted by atomic mass is 16.5. The molecule has 68 valence electrons. The second-order valence-corrected chi connectivity index (χ2v) is 2.54. The highest BCUT2D eigenvalue weighted by Crippen LogP contribution is 2.05. The van der Waals surface area contributed by atoms with Gasteiger partial charge in [0.25, 0.3) is 0 Å². The van der Waals surface area contributed by atoms with Crippen LogP contribution in [0.4, 0.5) is 0 Å². The molecule has 1 unspecified atom stereocenters. The highest BCUT2D eigenvalue weighted by Gasteiger charge is 2.11. The van der Waals surface area contributed by atoms with Crippen LogP contribution in [0.2, 0.25) is 0 Å². The van der Waals surface area contributed by atoms with Gasteiger partial charge in [0.1, 0.15) is 6.33 Å². The van der Waals surface area contributed by atoms with Crippen LogP contribution >= 0.6 is 0 Å². The monoisotopic (exact) mass is 170 g/mol. The first-order valence-electron chi connectivity index (χ1n) is 3.91. The third-order valence-electron chi connectivity index (χ3n) is 1.66. The molecule has 1 aromatic heterocycles. The molecule has 5 nitrogen and oxygen atoms in total. The maximum atomic E-state index is 5.78. The summed E-state index contributed by atoms with van der Waals surface area (Å²) in [4.78, 5) is 0. The summed E-state index contributed by atoms with van der Waals surface area (Å²) in [6.07, 6.45) is 1.67. The SMILES string of the molecule is CCn1cnnc1C(N)COC. The van der Waals surface area contributed by atoms with Crippen molar-refractivity contribution < 1.29 is 4.74 Å². The summed E-state index contributed by atoms with van der Waals surface area (Å²) in [5, 5.41) is 7.69. The number of aryl methyl sites for hydroxylation is 1. The van der Waals surface area contributed by atoms with Crippen molar-refractivity contribution in [3.8, 4) is 0 Å². The number of rotatable bonds is 4. The number of methoxy groups -OCH3 is 1. The Morgan fingerprint density at radius 3 is 3.08 bits per heavy atom. The summed E-state index contributed by atoms with van der Waals surface area (Å²) < 4.78 is 6.83. The molecule has 2 N–H and O–H groups in total. The highest BCUT2D eigenvalue weighted by molar-refractivity contribution is 4.93. The molecule has 0 saturated carbocycles. The lowest BCUT2D eigenvalue weighted by atomic mass is 10.3. The van der Waals surface area contributed by atoms with Crippen LogP contribution in [0.25, 0.3) is 0 Å². The maximum Gasteiger partial charge on any atom is 0.152 e. The first-order valence-corrected chi connectivity index (χ1v) is 3.91. The summed E-state index contributed by atoms with van der Waals surface area (Å²) in [7, 11) is 1.62. The Hall–Kier alpha value is -0.940. The van der Waals surface area contributed by atoms with E-state index in [2.05, 4.69) is 10.2 Å². The van der Waals surface area contributed by atoms with E-state index in [0.29, 0.717) is 6.61 Å². The molecule has 0 radical (unpaired) electrons. The molecule has 0 aliphatic carbocycles. The molecule has 0 bridgehead atoms. The zero-order chi connectivity index (χ0) is 8.97. The van der Waals surface area contributed by atoms with Gasteiger partial charge < -0.3 is 15.0 Å². The summed E-state index contributed by atoms with van der Waals surface area (Å²) in [6.45, 7) is 3.32. The van der Waals surface area contributed by atoms with Crippen molar-refractivity contribution in [2.75, 3.05) is 13.7 Å². The van der Waals surface area contributed by atoms with Crippen LogP contribution in [0.1, 0.15) is 18.8 Å². The van der Waals surface area contributed by atoms with E-state index < -0.39 is 0 Å². The van der Waals surface area contributed by atoms with E-state index in [9.17, 15) is 0 Å². The van der Waals surface area contributed by atoms with Crippen LogP contribution in [0.5, 0.6) is 0 Å². The summed E-state index contributed by atoms with van der Waals surface area (Å²) >= 11 is 0. The van der Waals surface area contributed by atoms with Crippen molar-refractivity contribution in [1.82, 2.24) is 14.8 Å². The fourth-order valence-electron chi connectivity index (χ4n) is 1.05. The smallest absolute Gasteiger partial charge is 0.152 e. The lowest BCUT2D eigenvalue weighted by Gasteiger charge is -2.09. The third kappa shape index (κ3) is 1.80. The Morgan fingerprint density at radius 2 is 2.50 bits per heavy atom. The van der Waals surface area contributed by atoms with Crippen molar-refractivity contribution in [2.24, 2.45) is 5.73 Å². The van der Waals surface area contributed by atoms with Gasteiger partial charge in [-0.3, -0.25) is 0 Å². The summed E-state index contributed by atoms with van der Waals surface area (Å²) in [5.74, 6) is 0.777. The third-order valence-corrected chi connectivity index (χ3v) is 1.66. The summed E-state index contributed by atoms with van der Waals surface area (Å²) in [6, 6.07) is -0.183. The molecule has 1 atom stereocenters. The van der Waals surface area contributed by atoms with Gasteiger partial charge in [-0.1, -0.05) is 0 Å². The van der Waals surface area contributed by atoms with Gasteiger partial charge in [0.05, 0.1) is 12.6 Å². The Balaban J connectivity index is 2.71. The largest absolute Gasteiger partial charge is 0.383 e. The van der Waals surface area contributed by atoms with Gasteiger partial charge in [-0.05, 0) is 6.92 Å². The molecular formula is C7H14N4O. The zero-order valence-corrected chi connectivity index (χ0v) is 7.40. The fraction of sp³-hybridized carbons (Fsp3) is 0.714. The average molecular weight is 170 g/mol. The van der Waals surface area contributed by atoms with Gasteiger partial charge in [0.2, 0.25) is 0 Å². The van der Waals surface area contributed by atoms with Crippen LogP contribution in [0.3, 0.4) is 0 Å². The van der Waals surface area contributed by atoms with Gasteiger partial charge in [-0.15, -0.1) is 10.2 Å². The number of nitrogens with zero attached hydrogens (tertiary/aromatic N) is 3. The predicted molar refractivity (Wildman–Crippen MR) is 44.5 cm³/mol. The molecule has 0 aliphatic heterocycles. The van der Waals surface area contributed by atoms with Crippen molar-refractivity contribution in [2.45, 2.75) is 19.5 Å². The molecule has 0 aliphatic rings. The zero-order valence-electron chi connectivity index (χ0n) is 7.40. The molecule has 5 heteroatoms. The first-order chi connectivity index (χ1) is 5.79. The van der Waals surface area contributed by atoms with Gasteiger partial charge >= 0.3 is 0 Å². The van der Waals surface area contributed by atoms with Crippen LogP contribution in [-0.2, 0) is 11.3 Å². The van der Waals surface area contributed by atoms with E-state index in [0.717, 1.165) is 12.4 Å². The van der Waals surface area contributed by atoms with Crippen LogP contribution < -0.4 is 5.73 Å². The van der Waals surface area contributed by atoms with E-state index in [4.69, 9.17) is 10.5 Å². The van der Waals surface area contributed by atoms with Gasteiger partial charge in [-0.25, -0.2) is 0 Å². The average Bonchev–Trinajstić information content (AvgIpc) is 2.51. The fourth-order valence-corrected chi connectivity index (χ4v) is 1.05. The van der Waals surface area contributed by atoms with E-state index in [1.807, 2.05) is 11.5 Å². The number of aromatic nitrogens is 3. The quantitative estimate of drug-likeness (QED) is 0.687. The molecule has 0 fully saturated rings. The molecular weight excluding hydrogens is 156 g/mol. The van der Waals surface area contributed by atoms with Crippen molar-refractivity contribution in [3.05, 3.63) is 12.2 Å². The Morgan fingerprint density at radius 1 is 1.75 bits per heavy atom. The number of ether oxygens (including phenoxy) is 1. The molecule has 1 heterocycles. The van der Waals surface area contributed by atoms with Crippen LogP contribution in [-0.4, -0.2) is 28.5 Å². The van der Waals surface area contributed by atoms with Gasteiger partial charge in [0, 0.05) is 13.7 Å². The molecule has 0 saturated heterocycles. The van der Waals surface area contributed by atoms with Crippen molar-refractivity contribution in [1.29, 1.82) is 0 Å². The second kappa shape index (κ2) is 4.18. The lowest BCUT2D eigenvalue weighted by molar-refractivity contribution is 0.176. The van der Waals surface area contributed by atoms with Gasteiger partial charge in [-0.2, -0.15) is 0 Å². The van der Waals surface area contributed by atoms with E-state index in [1.165, 1.54) is 0 Å². The maximum absolute atomic E-state index is 5.78. The number of hydrogen-bond donors (Lipinski definition) is 1. The minimum Gasteiger partial charge on any atom is -0.383 e. The topological polar surface area (TPSA) is 66.0 Å². The molecule has 0 spiro atoms. The van der Waals surface area contributed by atoms with E-state index in [-0.39, 0.29) is 6.04 Å². The Bertz CT molecular complexity index is 235. The number of hydrogen-bond acceptors (Lipinski definition) is 4. The van der Waals surface area contributed by atoms with Crippen molar-refractivity contribution >= 4 is 0 Å². The molecule has 1 aromatic rings. The number of nitrogens with two attached hydrogens (primary N) is 1. The standard InChI is InChI=1S/C7H14N4O/c1-3-11-5-9-10-7(11)6(8)4-12-2/h5-6H,3-4,8H2,1-2H3. The van der Waals surface area contributed by atoms with E-state index in [1.54, 1.807) is 13.4 Å². The van der Waals surface area contributed by atoms with Crippen LogP contribution in [0.15, 0.2) is 6.33 Å². The first kappa shape index (κ1) is 9.15. The normalized spacial score (nSPS) is 13.2.